The first-order valence-corrected chi connectivity index (χ1v) is 5.56. The highest BCUT2D eigenvalue weighted by molar-refractivity contribution is 6.58. The molecule has 0 N–H and O–H groups in total. The zero-order chi connectivity index (χ0) is 11.3. The fraction of sp³-hybridized carbons (Fsp3) is 1.00. The summed E-state index contributed by atoms with van der Waals surface area (Å²) in [5, 5.41) is 0. The molecule has 0 saturated carbocycles. The van der Waals surface area contributed by atoms with E-state index >= 15 is 0 Å². The van der Waals surface area contributed by atoms with Gasteiger partial charge < -0.3 is 22.6 Å². The molecular formula is C9H18BF3NO-. The first-order chi connectivity index (χ1) is 7.01. The van der Waals surface area contributed by atoms with Gasteiger partial charge in [0.2, 0.25) is 0 Å². The topological polar surface area (TPSA) is 12.5 Å². The van der Waals surface area contributed by atoms with E-state index in [4.69, 9.17) is 4.74 Å². The van der Waals surface area contributed by atoms with E-state index in [1.165, 1.54) is 4.90 Å². The Balaban J connectivity index is 2.29. The van der Waals surface area contributed by atoms with Gasteiger partial charge in [-0.15, -0.1) is 0 Å². The van der Waals surface area contributed by atoms with Crippen molar-refractivity contribution < 1.29 is 17.7 Å². The number of hydrogen-bond donors (Lipinski definition) is 0. The Kier molecular flexibility index (Phi) is 4.92. The largest absolute Gasteiger partial charge is 0.492 e. The Labute approximate surface area is 88.8 Å². The quantitative estimate of drug-likeness (QED) is 0.664. The van der Waals surface area contributed by atoms with Crippen LogP contribution in [0.2, 0.25) is 0 Å². The molecule has 1 aliphatic heterocycles. The van der Waals surface area contributed by atoms with Crippen LogP contribution in [0.4, 0.5) is 12.9 Å². The minimum atomic E-state index is -4.70. The molecular weight excluding hydrogens is 206 g/mol. The fourth-order valence-corrected chi connectivity index (χ4v) is 1.89. The number of rotatable bonds is 5. The summed E-state index contributed by atoms with van der Waals surface area (Å²) in [7, 11) is 0. The first-order valence-electron chi connectivity index (χ1n) is 5.56. The van der Waals surface area contributed by atoms with Crippen molar-refractivity contribution in [2.45, 2.75) is 32.3 Å². The lowest BCUT2D eigenvalue weighted by Gasteiger charge is -2.35. The summed E-state index contributed by atoms with van der Waals surface area (Å²) >= 11 is 0. The van der Waals surface area contributed by atoms with Crippen molar-refractivity contribution in [1.29, 1.82) is 0 Å². The molecule has 1 saturated heterocycles. The van der Waals surface area contributed by atoms with Gasteiger partial charge in [0.25, 0.3) is 0 Å². The van der Waals surface area contributed by atoms with Crippen LogP contribution in [0.5, 0.6) is 0 Å². The molecule has 0 bridgehead atoms. The molecule has 2 nitrogen and oxygen atoms in total. The van der Waals surface area contributed by atoms with Crippen LogP contribution in [-0.4, -0.2) is 44.1 Å². The van der Waals surface area contributed by atoms with E-state index in [2.05, 4.69) is 0 Å². The third kappa shape index (κ3) is 5.42. The number of halogens is 3. The van der Waals surface area contributed by atoms with Gasteiger partial charge in [-0.3, -0.25) is 0 Å². The Morgan fingerprint density at radius 1 is 1.40 bits per heavy atom. The van der Waals surface area contributed by atoms with E-state index < -0.39 is 13.4 Å². The molecule has 1 fully saturated rings. The molecule has 1 rings (SSSR count). The van der Waals surface area contributed by atoms with Crippen LogP contribution in [-0.2, 0) is 4.74 Å². The Bertz CT molecular complexity index is 189. The molecule has 0 aliphatic carbocycles. The second-order valence-electron chi connectivity index (χ2n) is 4.10. The molecule has 90 valence electrons. The molecule has 6 heteroatoms. The van der Waals surface area contributed by atoms with Gasteiger partial charge in [0.05, 0.1) is 6.10 Å². The van der Waals surface area contributed by atoms with E-state index in [1.807, 2.05) is 6.92 Å². The predicted molar refractivity (Wildman–Crippen MR) is 54.8 cm³/mol. The molecule has 0 radical (unpaired) electrons. The molecule has 1 unspecified atom stereocenters. The van der Waals surface area contributed by atoms with Crippen LogP contribution in [0.3, 0.4) is 0 Å². The summed E-state index contributed by atoms with van der Waals surface area (Å²) in [4.78, 5) is 1.46. The standard InChI is InChI=1S/C9H18BF3NO/c1-2-6-15-9-4-3-5-14(7-9)8-10(11,12)13/h9H,2-8H2,1H3/q-1. The molecule has 0 aromatic rings. The predicted octanol–water partition coefficient (Wildman–Crippen LogP) is 2.26. The fourth-order valence-electron chi connectivity index (χ4n) is 1.89. The van der Waals surface area contributed by atoms with Crippen molar-refractivity contribution in [3.8, 4) is 0 Å². The first kappa shape index (κ1) is 12.8. The van der Waals surface area contributed by atoms with Gasteiger partial charge >= 0.3 is 6.98 Å². The Morgan fingerprint density at radius 3 is 2.73 bits per heavy atom. The normalized spacial score (nSPS) is 24.4. The number of ether oxygens (including phenoxy) is 1. The van der Waals surface area contributed by atoms with Crippen molar-refractivity contribution in [2.24, 2.45) is 0 Å². The lowest BCUT2D eigenvalue weighted by atomic mass is 9.90. The molecule has 0 amide bonds. The molecule has 0 aromatic heterocycles. The number of hydrogen-bond acceptors (Lipinski definition) is 2. The van der Waals surface area contributed by atoms with E-state index in [-0.39, 0.29) is 6.10 Å². The number of piperidine rings is 1. The Morgan fingerprint density at radius 2 is 2.13 bits per heavy atom. The van der Waals surface area contributed by atoms with Crippen LogP contribution < -0.4 is 0 Å². The number of likely N-dealkylation sites (tertiary alicyclic amines) is 1. The molecule has 1 aliphatic rings. The molecule has 1 heterocycles. The molecule has 0 spiro atoms. The van der Waals surface area contributed by atoms with Gasteiger partial charge in [-0.2, -0.15) is 0 Å². The van der Waals surface area contributed by atoms with Crippen molar-refractivity contribution in [3.63, 3.8) is 0 Å². The SMILES string of the molecule is CCCOC1CCCN(C[B-](F)(F)F)C1. The van der Waals surface area contributed by atoms with Gasteiger partial charge in [-0.05, 0) is 32.3 Å². The van der Waals surface area contributed by atoms with Gasteiger partial charge in [-0.25, -0.2) is 0 Å². The van der Waals surface area contributed by atoms with E-state index in [1.54, 1.807) is 0 Å². The lowest BCUT2D eigenvalue weighted by molar-refractivity contribution is 0.00268. The highest BCUT2D eigenvalue weighted by Gasteiger charge is 2.29. The third-order valence-corrected chi connectivity index (χ3v) is 2.49. The van der Waals surface area contributed by atoms with Crippen LogP contribution in [0.25, 0.3) is 0 Å². The van der Waals surface area contributed by atoms with Crippen molar-refractivity contribution in [3.05, 3.63) is 0 Å². The minimum Gasteiger partial charge on any atom is -0.448 e. The highest BCUT2D eigenvalue weighted by atomic mass is 19.4. The van der Waals surface area contributed by atoms with E-state index in [0.717, 1.165) is 19.3 Å². The van der Waals surface area contributed by atoms with Gasteiger partial charge in [0, 0.05) is 13.2 Å². The molecule has 0 aromatic carbocycles. The summed E-state index contributed by atoms with van der Waals surface area (Å²) in [5.41, 5.74) is 0. The average Bonchev–Trinajstić information content (AvgIpc) is 2.12. The summed E-state index contributed by atoms with van der Waals surface area (Å²) in [5.74, 6) is 0. The van der Waals surface area contributed by atoms with Gasteiger partial charge in [0.1, 0.15) is 0 Å². The maximum Gasteiger partial charge on any atom is 0.492 e. The van der Waals surface area contributed by atoms with Crippen LogP contribution in [0, 0.1) is 0 Å². The minimum absolute atomic E-state index is 0.00292. The van der Waals surface area contributed by atoms with Crippen LogP contribution >= 0.6 is 0 Å². The van der Waals surface area contributed by atoms with Crippen LogP contribution in [0.15, 0.2) is 0 Å². The highest BCUT2D eigenvalue weighted by Crippen LogP contribution is 2.17. The zero-order valence-electron chi connectivity index (χ0n) is 9.09. The second kappa shape index (κ2) is 5.75. The van der Waals surface area contributed by atoms with Gasteiger partial charge in [0.15, 0.2) is 0 Å². The van der Waals surface area contributed by atoms with E-state index in [9.17, 15) is 12.9 Å². The Hall–Kier alpha value is -0.225. The zero-order valence-corrected chi connectivity index (χ0v) is 9.09. The summed E-state index contributed by atoms with van der Waals surface area (Å²) < 4.78 is 42.1. The maximum absolute atomic E-state index is 12.2. The van der Waals surface area contributed by atoms with Crippen molar-refractivity contribution in [2.75, 3.05) is 26.1 Å². The lowest BCUT2D eigenvalue weighted by Crippen LogP contribution is -2.46. The summed E-state index contributed by atoms with van der Waals surface area (Å²) in [6.45, 7) is -1.07. The molecule has 1 atom stereocenters. The third-order valence-electron chi connectivity index (χ3n) is 2.49. The summed E-state index contributed by atoms with van der Waals surface area (Å²) in [6.07, 6.45) is 1.87. The number of nitrogens with zero attached hydrogens (tertiary/aromatic N) is 1. The van der Waals surface area contributed by atoms with Crippen LogP contribution in [0.1, 0.15) is 26.2 Å². The van der Waals surface area contributed by atoms with Crippen molar-refractivity contribution in [1.82, 2.24) is 4.90 Å². The monoisotopic (exact) mass is 224 g/mol. The smallest absolute Gasteiger partial charge is 0.448 e. The van der Waals surface area contributed by atoms with Gasteiger partial charge in [-0.1, -0.05) is 6.92 Å². The molecule has 15 heavy (non-hydrogen) atoms. The maximum atomic E-state index is 12.2. The van der Waals surface area contributed by atoms with Crippen molar-refractivity contribution >= 4 is 6.98 Å². The van der Waals surface area contributed by atoms with E-state index in [0.29, 0.717) is 19.7 Å². The second-order valence-corrected chi connectivity index (χ2v) is 4.10. The average molecular weight is 224 g/mol. The summed E-state index contributed by atoms with van der Waals surface area (Å²) in [6, 6.07) is 0.